The van der Waals surface area contributed by atoms with Crippen molar-refractivity contribution < 1.29 is 23.6 Å². The van der Waals surface area contributed by atoms with Gasteiger partial charge >= 0.3 is 11.7 Å². The van der Waals surface area contributed by atoms with Gasteiger partial charge in [-0.3, -0.25) is 20.2 Å². The van der Waals surface area contributed by atoms with Crippen LogP contribution in [0.1, 0.15) is 0 Å². The Morgan fingerprint density at radius 1 is 1.53 bits per heavy atom. The molecule has 1 aromatic carbocycles. The fraction of sp³-hybridized carbons (Fsp3) is 0.111. The molecule has 1 aromatic rings. The largest absolute Gasteiger partial charge is 0.482 e. The molecule has 3 amide bonds. The van der Waals surface area contributed by atoms with Gasteiger partial charge in [0.2, 0.25) is 5.82 Å². The maximum absolute atomic E-state index is 13.3. The van der Waals surface area contributed by atoms with Gasteiger partial charge in [-0.1, -0.05) is 11.6 Å². The molecule has 0 bridgehead atoms. The minimum absolute atomic E-state index is 0.250. The summed E-state index contributed by atoms with van der Waals surface area (Å²) in [4.78, 5) is 30.8. The molecular formula is C9H7ClFN3O5. The SMILES string of the molecule is NC(=O)NC(=O)COc1cc(F)c([N+](=O)[O-])cc1Cl. The second-order valence-electron chi connectivity index (χ2n) is 3.19. The maximum Gasteiger partial charge on any atom is 0.318 e. The molecule has 1 rings (SSSR count). The van der Waals surface area contributed by atoms with Gasteiger partial charge in [0.15, 0.2) is 6.61 Å². The number of imide groups is 1. The zero-order valence-electron chi connectivity index (χ0n) is 9.18. The molecule has 0 fully saturated rings. The van der Waals surface area contributed by atoms with Crippen molar-refractivity contribution >= 4 is 29.2 Å². The first kappa shape index (κ1) is 14.6. The number of hydrogen-bond donors (Lipinski definition) is 2. The molecule has 0 saturated carbocycles. The number of hydrogen-bond acceptors (Lipinski definition) is 5. The summed E-state index contributed by atoms with van der Waals surface area (Å²) < 4.78 is 18.1. The Morgan fingerprint density at radius 2 is 2.16 bits per heavy atom. The van der Waals surface area contributed by atoms with Gasteiger partial charge in [-0.15, -0.1) is 0 Å². The molecule has 0 aliphatic rings. The molecule has 0 radical (unpaired) electrons. The van der Waals surface area contributed by atoms with Gasteiger partial charge < -0.3 is 10.5 Å². The van der Waals surface area contributed by atoms with Gasteiger partial charge in [0, 0.05) is 12.1 Å². The molecule has 0 heterocycles. The van der Waals surface area contributed by atoms with Gasteiger partial charge in [0.1, 0.15) is 5.75 Å². The van der Waals surface area contributed by atoms with Crippen LogP contribution < -0.4 is 15.8 Å². The van der Waals surface area contributed by atoms with E-state index in [0.717, 1.165) is 6.07 Å². The standard InChI is InChI=1S/C9H7ClFN3O5/c10-4-1-6(14(17)18)5(11)2-7(4)19-3-8(15)13-9(12)16/h1-2H,3H2,(H3,12,13,15,16). The molecule has 0 atom stereocenters. The minimum atomic E-state index is -1.17. The number of nitrogens with two attached hydrogens (primary N) is 1. The van der Waals surface area contributed by atoms with Crippen LogP contribution in [0.4, 0.5) is 14.9 Å². The summed E-state index contributed by atoms with van der Waals surface area (Å²) in [5.74, 6) is -2.31. The summed E-state index contributed by atoms with van der Waals surface area (Å²) in [6.07, 6.45) is 0. The average Bonchev–Trinajstić information content (AvgIpc) is 2.28. The van der Waals surface area contributed by atoms with Crippen molar-refractivity contribution in [2.75, 3.05) is 6.61 Å². The summed E-state index contributed by atoms with van der Waals surface area (Å²) in [7, 11) is 0. The number of amides is 3. The van der Waals surface area contributed by atoms with Crippen molar-refractivity contribution in [3.8, 4) is 5.75 Å². The first-order valence-electron chi connectivity index (χ1n) is 4.66. The Balaban J connectivity index is 2.80. The summed E-state index contributed by atoms with van der Waals surface area (Å²) >= 11 is 5.62. The second-order valence-corrected chi connectivity index (χ2v) is 3.60. The van der Waals surface area contributed by atoms with Crippen LogP contribution in [0.25, 0.3) is 0 Å². The highest BCUT2D eigenvalue weighted by molar-refractivity contribution is 6.32. The van der Waals surface area contributed by atoms with Gasteiger partial charge in [-0.25, -0.2) is 4.79 Å². The zero-order chi connectivity index (χ0) is 14.6. The van der Waals surface area contributed by atoms with Crippen molar-refractivity contribution in [1.29, 1.82) is 0 Å². The van der Waals surface area contributed by atoms with E-state index in [2.05, 4.69) is 5.73 Å². The number of halogens is 2. The van der Waals surface area contributed by atoms with Crippen molar-refractivity contribution in [2.45, 2.75) is 0 Å². The number of nitrogens with zero attached hydrogens (tertiary/aromatic N) is 1. The monoisotopic (exact) mass is 291 g/mol. The van der Waals surface area contributed by atoms with E-state index >= 15 is 0 Å². The maximum atomic E-state index is 13.3. The number of carbonyl (C=O) groups is 2. The van der Waals surface area contributed by atoms with Crippen molar-refractivity contribution in [1.82, 2.24) is 5.32 Å². The molecule has 10 heteroatoms. The fourth-order valence-corrected chi connectivity index (χ4v) is 1.30. The summed E-state index contributed by atoms with van der Waals surface area (Å²) in [6, 6.07) is 0.338. The molecule has 0 spiro atoms. The second kappa shape index (κ2) is 5.96. The highest BCUT2D eigenvalue weighted by Crippen LogP contribution is 2.31. The van der Waals surface area contributed by atoms with Crippen LogP contribution in [0.2, 0.25) is 5.02 Å². The summed E-state index contributed by atoms with van der Waals surface area (Å²) in [5.41, 5.74) is 3.86. The first-order valence-corrected chi connectivity index (χ1v) is 5.04. The molecule has 0 aliphatic carbocycles. The number of nitro benzene ring substituents is 1. The van der Waals surface area contributed by atoms with Crippen LogP contribution in [0, 0.1) is 15.9 Å². The van der Waals surface area contributed by atoms with Crippen LogP contribution >= 0.6 is 11.6 Å². The lowest BCUT2D eigenvalue weighted by molar-refractivity contribution is -0.387. The van der Waals surface area contributed by atoms with E-state index in [1.54, 1.807) is 5.32 Å². The van der Waals surface area contributed by atoms with Crippen molar-refractivity contribution in [2.24, 2.45) is 5.73 Å². The van der Waals surface area contributed by atoms with Crippen molar-refractivity contribution in [3.05, 3.63) is 33.1 Å². The lowest BCUT2D eigenvalue weighted by Crippen LogP contribution is -2.38. The highest BCUT2D eigenvalue weighted by atomic mass is 35.5. The van der Waals surface area contributed by atoms with E-state index in [0.29, 0.717) is 6.07 Å². The lowest BCUT2D eigenvalue weighted by atomic mass is 10.3. The third kappa shape index (κ3) is 4.07. The highest BCUT2D eigenvalue weighted by Gasteiger charge is 2.18. The number of benzene rings is 1. The number of urea groups is 1. The van der Waals surface area contributed by atoms with Crippen LogP contribution in [-0.4, -0.2) is 23.5 Å². The summed E-state index contributed by atoms with van der Waals surface area (Å²) in [6.45, 7) is -0.653. The van der Waals surface area contributed by atoms with Gasteiger partial charge in [0.25, 0.3) is 5.91 Å². The van der Waals surface area contributed by atoms with Crippen LogP contribution in [0.15, 0.2) is 12.1 Å². The Kier molecular flexibility index (Phi) is 4.59. The number of ether oxygens (including phenoxy) is 1. The predicted molar refractivity (Wildman–Crippen MR) is 61.3 cm³/mol. The Labute approximate surface area is 110 Å². The van der Waals surface area contributed by atoms with Gasteiger partial charge in [-0.05, 0) is 0 Å². The van der Waals surface area contributed by atoms with E-state index in [4.69, 9.17) is 16.3 Å². The number of nitrogens with one attached hydrogen (secondary N) is 1. The molecule has 3 N–H and O–H groups in total. The normalized spacial score (nSPS) is 9.79. The Morgan fingerprint density at radius 3 is 2.68 bits per heavy atom. The topological polar surface area (TPSA) is 125 Å². The Hall–Kier alpha value is -2.42. The molecule has 0 aliphatic heterocycles. The summed E-state index contributed by atoms with van der Waals surface area (Å²) in [5, 5.41) is 11.9. The molecule has 102 valence electrons. The molecular weight excluding hydrogens is 285 g/mol. The smallest absolute Gasteiger partial charge is 0.318 e. The Bertz CT molecular complexity index is 551. The molecule has 8 nitrogen and oxygen atoms in total. The first-order chi connectivity index (χ1) is 8.81. The number of primary amides is 1. The van der Waals surface area contributed by atoms with Gasteiger partial charge in [0.05, 0.1) is 9.95 Å². The predicted octanol–water partition coefficient (Wildman–Crippen LogP) is 0.961. The minimum Gasteiger partial charge on any atom is -0.482 e. The third-order valence-electron chi connectivity index (χ3n) is 1.82. The number of nitro groups is 1. The number of rotatable bonds is 4. The van der Waals surface area contributed by atoms with Crippen LogP contribution in [-0.2, 0) is 4.79 Å². The third-order valence-corrected chi connectivity index (χ3v) is 2.11. The van der Waals surface area contributed by atoms with Gasteiger partial charge in [-0.2, -0.15) is 4.39 Å². The fourth-order valence-electron chi connectivity index (χ4n) is 1.09. The number of carbonyl (C=O) groups excluding carboxylic acids is 2. The average molecular weight is 292 g/mol. The molecule has 0 unspecified atom stereocenters. The van der Waals surface area contributed by atoms with E-state index in [1.807, 2.05) is 0 Å². The van der Waals surface area contributed by atoms with Crippen LogP contribution in [0.3, 0.4) is 0 Å². The van der Waals surface area contributed by atoms with Crippen LogP contribution in [0.5, 0.6) is 5.75 Å². The van der Waals surface area contributed by atoms with E-state index in [-0.39, 0.29) is 10.8 Å². The lowest BCUT2D eigenvalue weighted by Gasteiger charge is -2.07. The van der Waals surface area contributed by atoms with E-state index < -0.39 is 35.0 Å². The van der Waals surface area contributed by atoms with E-state index in [1.165, 1.54) is 0 Å². The molecule has 19 heavy (non-hydrogen) atoms. The zero-order valence-corrected chi connectivity index (χ0v) is 9.94. The van der Waals surface area contributed by atoms with E-state index in [9.17, 15) is 24.1 Å². The van der Waals surface area contributed by atoms with Crippen molar-refractivity contribution in [3.63, 3.8) is 0 Å². The quantitative estimate of drug-likeness (QED) is 0.631. The molecule has 0 saturated heterocycles. The molecule has 0 aromatic heterocycles.